The number of hydrogen-bond donors (Lipinski definition) is 1. The lowest BCUT2D eigenvalue weighted by Gasteiger charge is -2.26. The maximum absolute atomic E-state index is 12.0. The van der Waals surface area contributed by atoms with Crippen molar-refractivity contribution in [3.63, 3.8) is 0 Å². The van der Waals surface area contributed by atoms with Gasteiger partial charge in [0.15, 0.2) is 0 Å². The minimum atomic E-state index is -0.711. The molecule has 2 aromatic carbocycles. The van der Waals surface area contributed by atoms with E-state index in [9.17, 15) is 9.18 Å². The van der Waals surface area contributed by atoms with E-state index in [-0.39, 0.29) is 6.61 Å². The maximum Gasteiger partial charge on any atom is 0.411 e. The molecule has 7 heteroatoms. The van der Waals surface area contributed by atoms with Crippen LogP contribution in [0.5, 0.6) is 5.75 Å². The van der Waals surface area contributed by atoms with Crippen molar-refractivity contribution >= 4 is 17.5 Å². The van der Waals surface area contributed by atoms with Crippen molar-refractivity contribution in [1.29, 1.82) is 5.26 Å². The summed E-state index contributed by atoms with van der Waals surface area (Å²) in [4.78, 5) is 13.7. The quantitative estimate of drug-likeness (QED) is 0.627. The molecule has 0 aliphatic carbocycles. The van der Waals surface area contributed by atoms with E-state index in [2.05, 4.69) is 27.9 Å². The Morgan fingerprint density at radius 2 is 1.97 bits per heavy atom. The van der Waals surface area contributed by atoms with E-state index in [1.807, 2.05) is 37.3 Å². The predicted octanol–water partition coefficient (Wildman–Crippen LogP) is 4.70. The van der Waals surface area contributed by atoms with Gasteiger partial charge in [-0.2, -0.15) is 5.26 Å². The summed E-state index contributed by atoms with van der Waals surface area (Å²) >= 11 is 0. The van der Waals surface area contributed by atoms with Crippen LogP contribution in [-0.2, 0) is 17.7 Å². The van der Waals surface area contributed by atoms with Crippen molar-refractivity contribution in [3.8, 4) is 11.8 Å². The van der Waals surface area contributed by atoms with E-state index < -0.39 is 12.8 Å². The van der Waals surface area contributed by atoms with Gasteiger partial charge in [-0.3, -0.25) is 5.32 Å². The molecule has 0 radical (unpaired) electrons. The number of carbonyl (C=O) groups excluding carboxylic acids is 1. The highest BCUT2D eigenvalue weighted by Gasteiger charge is 2.13. The lowest BCUT2D eigenvalue weighted by Crippen LogP contribution is -2.23. The van der Waals surface area contributed by atoms with Crippen LogP contribution in [0.25, 0.3) is 0 Å². The fourth-order valence-electron chi connectivity index (χ4n) is 2.90. The molecule has 2 rings (SSSR count). The van der Waals surface area contributed by atoms with Crippen LogP contribution in [0.1, 0.15) is 25.0 Å². The average molecular weight is 399 g/mol. The first-order valence-corrected chi connectivity index (χ1v) is 9.57. The summed E-state index contributed by atoms with van der Waals surface area (Å²) in [6.07, 6.45) is -0.360. The first-order valence-electron chi connectivity index (χ1n) is 9.57. The van der Waals surface area contributed by atoms with Gasteiger partial charge in [-0.25, -0.2) is 9.18 Å². The molecule has 0 fully saturated rings. The number of halogens is 1. The summed E-state index contributed by atoms with van der Waals surface area (Å²) in [5, 5.41) is 11.7. The number of benzene rings is 2. The summed E-state index contributed by atoms with van der Waals surface area (Å²) in [5.41, 5.74) is 3.53. The Hall–Kier alpha value is -3.27. The van der Waals surface area contributed by atoms with Crippen LogP contribution in [0, 0.1) is 11.3 Å². The Bertz CT molecular complexity index is 834. The Labute approximate surface area is 170 Å². The number of carbonyl (C=O) groups is 1. The molecule has 1 amide bonds. The van der Waals surface area contributed by atoms with E-state index >= 15 is 0 Å². The SMILES string of the molecule is CCOc1ccc(CC#N)c(N(CC)Cc2ccc(NC(=O)OCCF)cc2)c1. The molecule has 0 spiro atoms. The normalized spacial score (nSPS) is 10.1. The third-order valence-electron chi connectivity index (χ3n) is 4.24. The summed E-state index contributed by atoms with van der Waals surface area (Å²) in [6, 6.07) is 15.4. The van der Waals surface area contributed by atoms with Crippen LogP contribution in [0.4, 0.5) is 20.6 Å². The van der Waals surface area contributed by atoms with E-state index in [1.165, 1.54) is 0 Å². The number of ether oxygens (including phenoxy) is 2. The molecule has 0 saturated heterocycles. The van der Waals surface area contributed by atoms with E-state index in [0.717, 1.165) is 29.1 Å². The minimum absolute atomic E-state index is 0.263. The number of amides is 1. The molecule has 0 atom stereocenters. The zero-order valence-electron chi connectivity index (χ0n) is 16.8. The van der Waals surface area contributed by atoms with Gasteiger partial charge in [-0.15, -0.1) is 0 Å². The number of hydrogen-bond acceptors (Lipinski definition) is 5. The van der Waals surface area contributed by atoms with Crippen molar-refractivity contribution in [2.24, 2.45) is 0 Å². The van der Waals surface area contributed by atoms with Gasteiger partial charge < -0.3 is 14.4 Å². The molecular weight excluding hydrogens is 373 g/mol. The minimum Gasteiger partial charge on any atom is -0.494 e. The van der Waals surface area contributed by atoms with E-state index in [0.29, 0.717) is 25.3 Å². The summed E-state index contributed by atoms with van der Waals surface area (Å²) < 4.78 is 22.3. The number of nitrogens with zero attached hydrogens (tertiary/aromatic N) is 2. The zero-order chi connectivity index (χ0) is 21.1. The standard InChI is InChI=1S/C22H26FN3O3/c1-3-26(21-15-20(28-4-2)10-7-18(21)11-13-24)16-17-5-8-19(9-6-17)25-22(27)29-14-12-23/h5-10,15H,3-4,11-12,14,16H2,1-2H3,(H,25,27). The molecule has 0 saturated carbocycles. The van der Waals surface area contributed by atoms with Gasteiger partial charge in [0, 0.05) is 30.5 Å². The Morgan fingerprint density at radius 3 is 2.59 bits per heavy atom. The van der Waals surface area contributed by atoms with Crippen molar-refractivity contribution in [1.82, 2.24) is 0 Å². The van der Waals surface area contributed by atoms with Gasteiger partial charge >= 0.3 is 6.09 Å². The molecule has 2 aromatic rings. The summed E-state index contributed by atoms with van der Waals surface area (Å²) in [7, 11) is 0. The second kappa shape index (κ2) is 11.5. The monoisotopic (exact) mass is 399 g/mol. The molecule has 154 valence electrons. The number of anilines is 2. The Kier molecular flexibility index (Phi) is 8.77. The summed E-state index contributed by atoms with van der Waals surface area (Å²) in [6.45, 7) is 4.98. The first-order chi connectivity index (χ1) is 14.1. The molecule has 1 N–H and O–H groups in total. The van der Waals surface area contributed by atoms with Gasteiger partial charge in [0.1, 0.15) is 19.0 Å². The highest BCUT2D eigenvalue weighted by atomic mass is 19.1. The second-order valence-electron chi connectivity index (χ2n) is 6.22. The van der Waals surface area contributed by atoms with E-state index in [1.54, 1.807) is 12.1 Å². The van der Waals surface area contributed by atoms with Gasteiger partial charge in [-0.1, -0.05) is 18.2 Å². The van der Waals surface area contributed by atoms with Crippen molar-refractivity contribution in [2.75, 3.05) is 36.6 Å². The van der Waals surface area contributed by atoms with Gasteiger partial charge in [0.05, 0.1) is 19.1 Å². The van der Waals surface area contributed by atoms with Crippen molar-refractivity contribution < 1.29 is 18.7 Å². The van der Waals surface area contributed by atoms with E-state index in [4.69, 9.17) is 10.00 Å². The lowest BCUT2D eigenvalue weighted by molar-refractivity contribution is 0.152. The molecule has 0 bridgehead atoms. The maximum atomic E-state index is 12.0. The zero-order valence-corrected chi connectivity index (χ0v) is 16.8. The number of rotatable bonds is 10. The third-order valence-corrected chi connectivity index (χ3v) is 4.24. The number of nitrogens with one attached hydrogen (secondary N) is 1. The van der Waals surface area contributed by atoms with Crippen LogP contribution in [0.3, 0.4) is 0 Å². The van der Waals surface area contributed by atoms with Crippen LogP contribution in [-0.4, -0.2) is 32.5 Å². The second-order valence-corrected chi connectivity index (χ2v) is 6.22. The van der Waals surface area contributed by atoms with Gasteiger partial charge in [0.2, 0.25) is 0 Å². The fraction of sp³-hybridized carbons (Fsp3) is 0.364. The average Bonchev–Trinajstić information content (AvgIpc) is 2.73. The van der Waals surface area contributed by atoms with Crippen molar-refractivity contribution in [3.05, 3.63) is 53.6 Å². The Morgan fingerprint density at radius 1 is 1.21 bits per heavy atom. The first kappa shape index (κ1) is 22.0. The third kappa shape index (κ3) is 6.68. The molecule has 0 heterocycles. The van der Waals surface area contributed by atoms with Crippen LogP contribution >= 0.6 is 0 Å². The number of nitriles is 1. The number of alkyl halides is 1. The highest BCUT2D eigenvalue weighted by molar-refractivity contribution is 5.84. The topological polar surface area (TPSA) is 74.6 Å². The van der Waals surface area contributed by atoms with Gasteiger partial charge in [-0.05, 0) is 43.2 Å². The fourth-order valence-corrected chi connectivity index (χ4v) is 2.90. The lowest BCUT2D eigenvalue weighted by atomic mass is 10.1. The molecule has 0 aliphatic heterocycles. The molecule has 0 aromatic heterocycles. The van der Waals surface area contributed by atoms with Crippen LogP contribution in [0.2, 0.25) is 0 Å². The van der Waals surface area contributed by atoms with Gasteiger partial charge in [0.25, 0.3) is 0 Å². The molecular formula is C22H26FN3O3. The van der Waals surface area contributed by atoms with Crippen molar-refractivity contribution in [2.45, 2.75) is 26.8 Å². The smallest absolute Gasteiger partial charge is 0.411 e. The molecule has 29 heavy (non-hydrogen) atoms. The highest BCUT2D eigenvalue weighted by Crippen LogP contribution is 2.28. The molecule has 0 aliphatic rings. The van der Waals surface area contributed by atoms with Crippen LogP contribution in [0.15, 0.2) is 42.5 Å². The largest absolute Gasteiger partial charge is 0.494 e. The Balaban J connectivity index is 2.14. The van der Waals surface area contributed by atoms with Crippen LogP contribution < -0.4 is 15.0 Å². The molecule has 0 unspecified atom stereocenters. The molecule has 6 nitrogen and oxygen atoms in total. The predicted molar refractivity (Wildman–Crippen MR) is 111 cm³/mol. The summed E-state index contributed by atoms with van der Waals surface area (Å²) in [5.74, 6) is 0.772.